The number of nitrogens with one attached hydrogen (secondary N) is 1. The summed E-state index contributed by atoms with van der Waals surface area (Å²) in [7, 11) is 1.66. The zero-order valence-corrected chi connectivity index (χ0v) is 11.4. The van der Waals surface area contributed by atoms with E-state index in [1.54, 1.807) is 18.0 Å². The van der Waals surface area contributed by atoms with Crippen LogP contribution in [0.5, 0.6) is 0 Å². The molecule has 0 aromatic heterocycles. The van der Waals surface area contributed by atoms with Crippen molar-refractivity contribution in [3.63, 3.8) is 0 Å². The smallest absolute Gasteiger partial charge is 0.239 e. The largest absolute Gasteiger partial charge is 0.364 e. The number of halogens is 1. The Hall–Kier alpha value is -2.09. The Labute approximate surface area is 112 Å². The van der Waals surface area contributed by atoms with Crippen molar-refractivity contribution in [2.45, 2.75) is 13.8 Å². The van der Waals surface area contributed by atoms with Crippen molar-refractivity contribution in [1.82, 2.24) is 5.32 Å². The molecule has 0 fully saturated rings. The van der Waals surface area contributed by atoms with Crippen LogP contribution in [0.1, 0.15) is 19.4 Å². The molecule has 0 spiro atoms. The molecule has 0 unspecified atom stereocenters. The third kappa shape index (κ3) is 4.25. The zero-order valence-electron chi connectivity index (χ0n) is 11.4. The SMILES string of the molecule is CC(C)CNC(=O)CN(C)c1cccc(F)c1C#N. The summed E-state index contributed by atoms with van der Waals surface area (Å²) in [5.41, 5.74) is 0.379. The van der Waals surface area contributed by atoms with Crippen LogP contribution in [0.2, 0.25) is 0 Å². The lowest BCUT2D eigenvalue weighted by Crippen LogP contribution is -2.37. The molecule has 0 aliphatic heterocycles. The highest BCUT2D eigenvalue weighted by Crippen LogP contribution is 2.20. The number of nitriles is 1. The Morgan fingerprint density at radius 1 is 1.53 bits per heavy atom. The quantitative estimate of drug-likeness (QED) is 0.882. The molecule has 0 saturated heterocycles. The molecule has 4 nitrogen and oxygen atoms in total. The number of benzene rings is 1. The van der Waals surface area contributed by atoms with E-state index in [-0.39, 0.29) is 18.0 Å². The van der Waals surface area contributed by atoms with E-state index in [0.29, 0.717) is 18.2 Å². The lowest BCUT2D eigenvalue weighted by molar-refractivity contribution is -0.119. The van der Waals surface area contributed by atoms with Crippen LogP contribution < -0.4 is 10.2 Å². The average Bonchev–Trinajstić information content (AvgIpc) is 2.36. The minimum Gasteiger partial charge on any atom is -0.364 e. The van der Waals surface area contributed by atoms with Crippen molar-refractivity contribution < 1.29 is 9.18 Å². The van der Waals surface area contributed by atoms with Gasteiger partial charge in [0.1, 0.15) is 17.4 Å². The molecule has 0 saturated carbocycles. The van der Waals surface area contributed by atoms with Crippen LogP contribution >= 0.6 is 0 Å². The van der Waals surface area contributed by atoms with Gasteiger partial charge in [-0.15, -0.1) is 0 Å². The van der Waals surface area contributed by atoms with Crippen molar-refractivity contribution in [3.05, 3.63) is 29.6 Å². The summed E-state index contributed by atoms with van der Waals surface area (Å²) >= 11 is 0. The lowest BCUT2D eigenvalue weighted by Gasteiger charge is -2.20. The Balaban J connectivity index is 2.74. The number of carbonyl (C=O) groups excluding carboxylic acids is 1. The number of anilines is 1. The first-order valence-electron chi connectivity index (χ1n) is 6.12. The zero-order chi connectivity index (χ0) is 14.4. The van der Waals surface area contributed by atoms with Gasteiger partial charge < -0.3 is 10.2 Å². The summed E-state index contributed by atoms with van der Waals surface area (Å²) in [5, 5.41) is 11.7. The highest BCUT2D eigenvalue weighted by Gasteiger charge is 2.14. The third-order valence-electron chi connectivity index (χ3n) is 2.60. The van der Waals surface area contributed by atoms with E-state index in [1.807, 2.05) is 19.9 Å². The minimum atomic E-state index is -0.575. The summed E-state index contributed by atoms with van der Waals surface area (Å²) < 4.78 is 13.5. The van der Waals surface area contributed by atoms with Crippen molar-refractivity contribution in [3.8, 4) is 6.07 Å². The first kappa shape index (κ1) is 15.0. The van der Waals surface area contributed by atoms with E-state index in [9.17, 15) is 9.18 Å². The Morgan fingerprint density at radius 2 is 2.21 bits per heavy atom. The maximum absolute atomic E-state index is 13.5. The molecule has 1 aromatic rings. The Kier molecular flexibility index (Phi) is 5.31. The third-order valence-corrected chi connectivity index (χ3v) is 2.60. The van der Waals surface area contributed by atoms with Crippen LogP contribution in [0.4, 0.5) is 10.1 Å². The van der Waals surface area contributed by atoms with Gasteiger partial charge in [-0.3, -0.25) is 4.79 Å². The van der Waals surface area contributed by atoms with Gasteiger partial charge in [0, 0.05) is 13.6 Å². The molecule has 1 rings (SSSR count). The van der Waals surface area contributed by atoms with E-state index in [1.165, 1.54) is 12.1 Å². The standard InChI is InChI=1S/C14H18FN3O/c1-10(2)8-17-14(19)9-18(3)13-6-4-5-12(15)11(13)7-16/h4-6,10H,8-9H2,1-3H3,(H,17,19). The topological polar surface area (TPSA) is 56.1 Å². The van der Waals surface area contributed by atoms with E-state index in [4.69, 9.17) is 5.26 Å². The second-order valence-electron chi connectivity index (χ2n) is 4.80. The fourth-order valence-electron chi connectivity index (χ4n) is 1.62. The highest BCUT2D eigenvalue weighted by atomic mass is 19.1. The van der Waals surface area contributed by atoms with Crippen molar-refractivity contribution in [1.29, 1.82) is 5.26 Å². The predicted molar refractivity (Wildman–Crippen MR) is 72.2 cm³/mol. The number of amides is 1. The summed E-state index contributed by atoms with van der Waals surface area (Å²) in [6.07, 6.45) is 0. The molecule has 0 heterocycles. The van der Waals surface area contributed by atoms with Crippen molar-refractivity contribution in [2.75, 3.05) is 25.0 Å². The van der Waals surface area contributed by atoms with E-state index < -0.39 is 5.82 Å². The van der Waals surface area contributed by atoms with Gasteiger partial charge in [0.15, 0.2) is 0 Å². The van der Waals surface area contributed by atoms with E-state index >= 15 is 0 Å². The molecule has 1 aromatic carbocycles. The van der Waals surface area contributed by atoms with Gasteiger partial charge in [0.2, 0.25) is 5.91 Å². The second kappa shape index (κ2) is 6.74. The van der Waals surface area contributed by atoms with Crippen LogP contribution in [-0.4, -0.2) is 26.0 Å². The van der Waals surface area contributed by atoms with Gasteiger partial charge in [-0.05, 0) is 18.1 Å². The number of nitrogens with zero attached hydrogens (tertiary/aromatic N) is 2. The van der Waals surface area contributed by atoms with Gasteiger partial charge in [-0.1, -0.05) is 19.9 Å². The van der Waals surface area contributed by atoms with Crippen LogP contribution in [0.3, 0.4) is 0 Å². The number of hydrogen-bond acceptors (Lipinski definition) is 3. The first-order valence-corrected chi connectivity index (χ1v) is 6.12. The maximum atomic E-state index is 13.5. The molecule has 19 heavy (non-hydrogen) atoms. The molecule has 1 N–H and O–H groups in total. The first-order chi connectivity index (χ1) is 8.95. The van der Waals surface area contributed by atoms with Gasteiger partial charge in [-0.2, -0.15) is 5.26 Å². The molecule has 0 bridgehead atoms. The van der Waals surface area contributed by atoms with Gasteiger partial charge in [0.25, 0.3) is 0 Å². The summed E-state index contributed by atoms with van der Waals surface area (Å²) in [6, 6.07) is 6.19. The number of carbonyl (C=O) groups is 1. The van der Waals surface area contributed by atoms with E-state index in [2.05, 4.69) is 5.32 Å². The average molecular weight is 263 g/mol. The molecule has 5 heteroatoms. The Bertz CT molecular complexity index is 494. The number of rotatable bonds is 5. The molecule has 102 valence electrons. The van der Waals surface area contributed by atoms with Crippen LogP contribution in [-0.2, 0) is 4.79 Å². The van der Waals surface area contributed by atoms with E-state index in [0.717, 1.165) is 0 Å². The Morgan fingerprint density at radius 3 is 2.79 bits per heavy atom. The van der Waals surface area contributed by atoms with Crippen LogP contribution in [0, 0.1) is 23.1 Å². The van der Waals surface area contributed by atoms with Crippen molar-refractivity contribution >= 4 is 11.6 Å². The number of likely N-dealkylation sites (N-methyl/N-ethyl adjacent to an activating group) is 1. The summed E-state index contributed by atoms with van der Waals surface area (Å²) in [6.45, 7) is 4.69. The van der Waals surface area contributed by atoms with Gasteiger partial charge in [0.05, 0.1) is 12.2 Å². The maximum Gasteiger partial charge on any atom is 0.239 e. The van der Waals surface area contributed by atoms with Crippen LogP contribution in [0.25, 0.3) is 0 Å². The van der Waals surface area contributed by atoms with Gasteiger partial charge in [-0.25, -0.2) is 4.39 Å². The molecule has 0 aliphatic rings. The van der Waals surface area contributed by atoms with Crippen LogP contribution in [0.15, 0.2) is 18.2 Å². The number of hydrogen-bond donors (Lipinski definition) is 1. The predicted octanol–water partition coefficient (Wildman–Crippen LogP) is 1.91. The minimum absolute atomic E-state index is 0.0401. The normalized spacial score (nSPS) is 10.1. The molecule has 1 amide bonds. The lowest BCUT2D eigenvalue weighted by atomic mass is 10.1. The monoisotopic (exact) mass is 263 g/mol. The second-order valence-corrected chi connectivity index (χ2v) is 4.80. The summed E-state index contributed by atoms with van der Waals surface area (Å²) in [5.74, 6) is -0.350. The summed E-state index contributed by atoms with van der Waals surface area (Å²) in [4.78, 5) is 13.3. The molecular weight excluding hydrogens is 245 g/mol. The van der Waals surface area contributed by atoms with Crippen molar-refractivity contribution in [2.24, 2.45) is 5.92 Å². The van der Waals surface area contributed by atoms with Gasteiger partial charge >= 0.3 is 0 Å². The molecular formula is C14H18FN3O. The fraction of sp³-hybridized carbons (Fsp3) is 0.429. The fourth-order valence-corrected chi connectivity index (χ4v) is 1.62. The molecule has 0 radical (unpaired) electrons. The highest BCUT2D eigenvalue weighted by molar-refractivity contribution is 5.81. The molecule has 0 aliphatic carbocycles. The molecule has 0 atom stereocenters.